The first-order valence-electron chi connectivity index (χ1n) is 24.3. The van der Waals surface area contributed by atoms with Crippen LogP contribution in [0.3, 0.4) is 0 Å². The highest BCUT2D eigenvalue weighted by atomic mass is 32.3. The van der Waals surface area contributed by atoms with Gasteiger partial charge in [0.15, 0.2) is 5.58 Å². The molecule has 2 aromatic heterocycles. The fourth-order valence-electron chi connectivity index (χ4n) is 13.8. The van der Waals surface area contributed by atoms with Crippen molar-refractivity contribution in [2.75, 3.05) is 19.6 Å². The third-order valence-corrected chi connectivity index (χ3v) is 17.7. The molecule has 8 atom stereocenters. The molecule has 3 saturated carbocycles. The summed E-state index contributed by atoms with van der Waals surface area (Å²) >= 11 is 0. The zero-order chi connectivity index (χ0) is 44.0. The number of nitrogens with zero attached hydrogens (tertiary/aromatic N) is 4. The van der Waals surface area contributed by atoms with Gasteiger partial charge in [0.1, 0.15) is 11.6 Å². The first-order valence-corrected chi connectivity index (χ1v) is 25.6. The zero-order valence-electron chi connectivity index (χ0n) is 38.3. The fraction of sp³-hybridized carbons (Fsp3) is 0.740. The summed E-state index contributed by atoms with van der Waals surface area (Å²) in [4.78, 5) is 20.1. The summed E-state index contributed by atoms with van der Waals surface area (Å²) in [5, 5.41) is 5.15. The topological polar surface area (TPSA) is 128 Å². The molecule has 0 amide bonds. The highest BCUT2D eigenvalue weighted by Gasteiger charge is 2.59. The van der Waals surface area contributed by atoms with E-state index in [2.05, 4.69) is 50.8 Å². The van der Waals surface area contributed by atoms with E-state index in [-0.39, 0.29) is 16.8 Å². The average molecular weight is 877 g/mol. The van der Waals surface area contributed by atoms with Crippen LogP contribution in [0, 0.1) is 59.1 Å². The molecule has 4 fully saturated rings. The Morgan fingerprint density at radius 1 is 1.00 bits per heavy atom. The second-order valence-corrected chi connectivity index (χ2v) is 22.3. The van der Waals surface area contributed by atoms with Gasteiger partial charge in [0.2, 0.25) is 0 Å². The lowest BCUT2D eigenvalue weighted by Gasteiger charge is -2.58. The normalized spacial score (nSPS) is 30.8. The second kappa shape index (κ2) is 18.5. The van der Waals surface area contributed by atoms with Crippen molar-refractivity contribution in [3.63, 3.8) is 0 Å². The maximum atomic E-state index is 13.4. The number of benzene rings is 1. The van der Waals surface area contributed by atoms with E-state index in [1.165, 1.54) is 62.7 Å². The van der Waals surface area contributed by atoms with Gasteiger partial charge in [-0.05, 0) is 162 Å². The van der Waals surface area contributed by atoms with Gasteiger partial charge in [0, 0.05) is 48.1 Å². The Hall–Kier alpha value is -2.93. The number of piperidine rings is 1. The molecule has 0 radical (unpaired) electrons. The zero-order valence-corrected chi connectivity index (χ0v) is 39.2. The number of aryl methyl sites for hydroxylation is 2. The first kappa shape index (κ1) is 45.6. The molecule has 0 spiro atoms. The van der Waals surface area contributed by atoms with E-state index in [1.54, 1.807) is 6.07 Å². The molecule has 9 rings (SSSR count). The maximum absolute atomic E-state index is 13.4. The van der Waals surface area contributed by atoms with Crippen molar-refractivity contribution in [3.05, 3.63) is 68.8 Å². The molecule has 2 aliphatic heterocycles. The van der Waals surface area contributed by atoms with Gasteiger partial charge in [-0.25, -0.2) is 13.6 Å². The van der Waals surface area contributed by atoms with Gasteiger partial charge in [-0.3, -0.25) is 13.9 Å². The molecule has 0 bridgehead atoms. The molecular formula is C50H73FN4O6S. The third-order valence-electron chi connectivity index (χ3n) is 17.2. The number of fused-ring (bicyclic) bond motifs is 7. The largest absolute Gasteiger partial charge is 0.397 e. The highest BCUT2D eigenvalue weighted by molar-refractivity contribution is 7.80. The van der Waals surface area contributed by atoms with Gasteiger partial charge in [-0.2, -0.15) is 8.42 Å². The average Bonchev–Trinajstić information content (AvgIpc) is 3.81. The number of likely N-dealkylation sites (tertiary alicyclic amines) is 1. The molecule has 62 heavy (non-hydrogen) atoms. The van der Waals surface area contributed by atoms with Crippen LogP contribution >= 0.6 is 0 Å². The Bertz CT molecular complexity index is 2260. The van der Waals surface area contributed by atoms with Gasteiger partial charge in [0.05, 0.1) is 11.8 Å². The Balaban J connectivity index is 0.000000171. The van der Waals surface area contributed by atoms with Crippen LogP contribution in [-0.2, 0) is 34.0 Å². The number of halogens is 1. The van der Waals surface area contributed by atoms with Gasteiger partial charge >= 0.3 is 10.4 Å². The summed E-state index contributed by atoms with van der Waals surface area (Å²) in [6, 6.07) is 4.63. The van der Waals surface area contributed by atoms with Gasteiger partial charge in [0.25, 0.3) is 5.56 Å². The lowest BCUT2D eigenvalue weighted by atomic mass is 9.47. The summed E-state index contributed by atoms with van der Waals surface area (Å²) in [6.45, 7) is 17.8. The summed E-state index contributed by atoms with van der Waals surface area (Å²) in [5.74, 6) is 5.81. The number of hydrogen-bond donors (Lipinski definition) is 1. The van der Waals surface area contributed by atoms with Crippen molar-refractivity contribution >= 4 is 21.4 Å². The molecule has 1 N–H and O–H groups in total. The van der Waals surface area contributed by atoms with Gasteiger partial charge in [-0.15, -0.1) is 0 Å². The van der Waals surface area contributed by atoms with E-state index in [0.29, 0.717) is 35.7 Å². The van der Waals surface area contributed by atoms with Crippen molar-refractivity contribution in [2.24, 2.45) is 46.3 Å². The van der Waals surface area contributed by atoms with E-state index in [9.17, 15) is 17.6 Å². The Morgan fingerprint density at radius 2 is 1.79 bits per heavy atom. The Labute approximate surface area is 369 Å². The summed E-state index contributed by atoms with van der Waals surface area (Å²) < 4.78 is 57.2. The molecule has 4 aliphatic carbocycles. The van der Waals surface area contributed by atoms with Crippen LogP contribution in [0.2, 0.25) is 0 Å². The van der Waals surface area contributed by atoms with Crippen LogP contribution in [0.4, 0.5) is 4.39 Å². The van der Waals surface area contributed by atoms with Crippen molar-refractivity contribution in [3.8, 4) is 0 Å². The van der Waals surface area contributed by atoms with E-state index in [0.717, 1.165) is 135 Å². The maximum Gasteiger partial charge on any atom is 0.397 e. The van der Waals surface area contributed by atoms with E-state index >= 15 is 0 Å². The summed E-state index contributed by atoms with van der Waals surface area (Å²) in [7, 11) is -4.38. The van der Waals surface area contributed by atoms with Crippen LogP contribution < -0.4 is 5.56 Å². The molecule has 4 heterocycles. The molecule has 0 unspecified atom stereocenters. The molecule has 12 heteroatoms. The van der Waals surface area contributed by atoms with Gasteiger partial charge in [-0.1, -0.05) is 70.7 Å². The van der Waals surface area contributed by atoms with Crippen LogP contribution in [0.25, 0.3) is 11.0 Å². The Morgan fingerprint density at radius 3 is 2.55 bits per heavy atom. The highest BCUT2D eigenvalue weighted by Crippen LogP contribution is 2.67. The quantitative estimate of drug-likeness (QED) is 0.148. The van der Waals surface area contributed by atoms with Crippen molar-refractivity contribution in [1.82, 2.24) is 19.6 Å². The third kappa shape index (κ3) is 9.41. The lowest BCUT2D eigenvalue weighted by Crippen LogP contribution is -2.51. The van der Waals surface area contributed by atoms with Crippen molar-refractivity contribution in [2.45, 2.75) is 169 Å². The van der Waals surface area contributed by atoms with Crippen LogP contribution in [0.1, 0.15) is 160 Å². The number of hydrogen-bond acceptors (Lipinski definition) is 8. The predicted octanol–water partition coefficient (Wildman–Crippen LogP) is 10.8. The Kier molecular flexibility index (Phi) is 13.6. The molecule has 1 aromatic carbocycles. The summed E-state index contributed by atoms with van der Waals surface area (Å²) in [6.07, 6.45) is 20.9. The number of allylic oxidation sites excluding steroid dienone is 1. The smallest absolute Gasteiger partial charge is 0.356 e. The van der Waals surface area contributed by atoms with Crippen molar-refractivity contribution in [1.29, 1.82) is 0 Å². The van der Waals surface area contributed by atoms with Gasteiger partial charge < -0.3 is 9.42 Å². The molecular weight excluding hydrogens is 804 g/mol. The minimum absolute atomic E-state index is 0.161. The number of rotatable bonds is 11. The van der Waals surface area contributed by atoms with E-state index < -0.39 is 16.5 Å². The molecule has 3 aromatic rings. The van der Waals surface area contributed by atoms with Crippen LogP contribution in [0.15, 0.2) is 39.2 Å². The SMILES string of the molecule is CC(C)CCC[C@@H](C)[C@H]1CC[C@H]2[C@@H]3CC=C4C[C@@H](OS(=O)(=O)O)CC[C@]4(C)[C@H]3CC[C@]12C.Cc1nc2n(c(=O)c1CCN1CCC(c3noc4cc(F)ccc34)CC1)CCCC2. The first-order chi connectivity index (χ1) is 29.5. The molecule has 342 valence electrons. The minimum Gasteiger partial charge on any atom is -0.356 e. The van der Waals surface area contributed by atoms with E-state index in [4.69, 9.17) is 18.2 Å². The lowest BCUT2D eigenvalue weighted by molar-refractivity contribution is -0.0560. The van der Waals surface area contributed by atoms with Crippen LogP contribution in [-0.4, -0.2) is 58.3 Å². The molecule has 6 aliphatic rings. The number of aromatic nitrogens is 3. The predicted molar refractivity (Wildman–Crippen MR) is 242 cm³/mol. The van der Waals surface area contributed by atoms with Crippen LogP contribution in [0.5, 0.6) is 0 Å². The second-order valence-electron chi connectivity index (χ2n) is 21.3. The summed E-state index contributed by atoms with van der Waals surface area (Å²) in [5.41, 5.74) is 5.43. The van der Waals surface area contributed by atoms with Crippen molar-refractivity contribution < 1.29 is 26.1 Å². The molecule has 10 nitrogen and oxygen atoms in total. The fourth-order valence-corrected chi connectivity index (χ4v) is 14.4. The molecule has 1 saturated heterocycles. The van der Waals surface area contributed by atoms with E-state index in [1.807, 2.05) is 11.5 Å². The monoisotopic (exact) mass is 877 g/mol. The minimum atomic E-state index is -4.38. The standard InChI is InChI=1S/C27H46O4S.C23H27FN4O2/c1-18(2)7-6-8-19(3)23-11-12-24-22-10-9-20-17-21(31-32(28,29)30)13-15-26(20,4)25(22)14-16-27(23,24)5;1-15-18(23(29)28-10-3-2-4-21(28)25-15)9-13-27-11-7-16(8-12-27)22-19-6-5-17(24)14-20(19)30-26-22/h9,18-19,21-25H,6-8,10-17H2,1-5H3,(H,28,29,30);5-6,14,16H,2-4,7-13H2,1H3/t19-,21+,22+,23-,24+,25+,26+,27-;/m1./s1.